The lowest BCUT2D eigenvalue weighted by atomic mass is 10.3. The third-order valence-corrected chi connectivity index (χ3v) is 3.27. The highest BCUT2D eigenvalue weighted by atomic mass is 16.5. The number of nitrogens with one attached hydrogen (secondary N) is 1. The third-order valence-electron chi connectivity index (χ3n) is 3.27. The Morgan fingerprint density at radius 2 is 1.95 bits per heavy atom. The Kier molecular flexibility index (Phi) is 4.76. The summed E-state index contributed by atoms with van der Waals surface area (Å²) in [6.07, 6.45) is 0.748. The van der Waals surface area contributed by atoms with E-state index < -0.39 is 11.8 Å². The number of rotatable bonds is 3. The Morgan fingerprint density at radius 3 is 2.57 bits per heavy atom. The molecule has 1 fully saturated rings. The highest BCUT2D eigenvalue weighted by Gasteiger charge is 2.25. The van der Waals surface area contributed by atoms with Crippen molar-refractivity contribution in [2.24, 2.45) is 0 Å². The molecule has 21 heavy (non-hydrogen) atoms. The fraction of sp³-hybridized carbons (Fsp3) is 0.357. The summed E-state index contributed by atoms with van der Waals surface area (Å²) >= 11 is 0. The van der Waals surface area contributed by atoms with Gasteiger partial charge < -0.3 is 19.9 Å². The van der Waals surface area contributed by atoms with Crippen LogP contribution in [0, 0.1) is 0 Å². The van der Waals surface area contributed by atoms with Crippen LogP contribution >= 0.6 is 0 Å². The van der Waals surface area contributed by atoms with Gasteiger partial charge in [0.25, 0.3) is 0 Å². The standard InChI is InChI=1S/C14H17N3O4/c1-21-12-4-2-3-11(9-12)15-13(19)14(20)17-7-5-16(10-18)6-8-17/h2-4,9-10H,5-8H2,1H3,(H,15,19). The second kappa shape index (κ2) is 6.74. The molecule has 2 rings (SSSR count). The number of amides is 3. The van der Waals surface area contributed by atoms with E-state index in [0.717, 1.165) is 6.41 Å². The van der Waals surface area contributed by atoms with Gasteiger partial charge in [0.05, 0.1) is 7.11 Å². The quantitative estimate of drug-likeness (QED) is 0.625. The Labute approximate surface area is 122 Å². The first-order valence-electron chi connectivity index (χ1n) is 6.57. The molecule has 0 atom stereocenters. The van der Waals surface area contributed by atoms with Crippen LogP contribution in [0.3, 0.4) is 0 Å². The Balaban J connectivity index is 1.93. The first-order chi connectivity index (χ1) is 10.1. The maximum atomic E-state index is 12.0. The van der Waals surface area contributed by atoms with Gasteiger partial charge in [0, 0.05) is 37.9 Å². The maximum Gasteiger partial charge on any atom is 0.313 e. The number of ether oxygens (including phenoxy) is 1. The van der Waals surface area contributed by atoms with Gasteiger partial charge in [-0.15, -0.1) is 0 Å². The van der Waals surface area contributed by atoms with Crippen molar-refractivity contribution in [3.8, 4) is 5.75 Å². The summed E-state index contributed by atoms with van der Waals surface area (Å²) in [5.41, 5.74) is 0.499. The Morgan fingerprint density at radius 1 is 1.24 bits per heavy atom. The van der Waals surface area contributed by atoms with Crippen molar-refractivity contribution >= 4 is 23.9 Å². The summed E-state index contributed by atoms with van der Waals surface area (Å²) in [7, 11) is 1.53. The molecular formula is C14H17N3O4. The monoisotopic (exact) mass is 291 g/mol. The molecule has 1 aliphatic rings. The number of hydrogen-bond donors (Lipinski definition) is 1. The van der Waals surface area contributed by atoms with Crippen molar-refractivity contribution in [3.05, 3.63) is 24.3 Å². The van der Waals surface area contributed by atoms with Gasteiger partial charge in [-0.25, -0.2) is 0 Å². The van der Waals surface area contributed by atoms with Crippen LogP contribution in [0.1, 0.15) is 0 Å². The van der Waals surface area contributed by atoms with E-state index >= 15 is 0 Å². The second-order valence-electron chi connectivity index (χ2n) is 4.62. The Bertz CT molecular complexity index is 539. The van der Waals surface area contributed by atoms with Crippen LogP contribution in [0.5, 0.6) is 5.75 Å². The van der Waals surface area contributed by atoms with Crippen LogP contribution in [0.4, 0.5) is 5.69 Å². The van der Waals surface area contributed by atoms with Crippen LogP contribution < -0.4 is 10.1 Å². The van der Waals surface area contributed by atoms with Gasteiger partial charge in [-0.1, -0.05) is 6.07 Å². The first kappa shape index (κ1) is 14.8. The molecular weight excluding hydrogens is 274 g/mol. The van der Waals surface area contributed by atoms with Crippen LogP contribution in [0.2, 0.25) is 0 Å². The molecule has 1 heterocycles. The molecule has 7 heteroatoms. The fourth-order valence-corrected chi connectivity index (χ4v) is 2.06. The van der Waals surface area contributed by atoms with Crippen molar-refractivity contribution in [3.63, 3.8) is 0 Å². The molecule has 0 radical (unpaired) electrons. The molecule has 7 nitrogen and oxygen atoms in total. The lowest BCUT2D eigenvalue weighted by Crippen LogP contribution is -2.51. The topological polar surface area (TPSA) is 79.0 Å². The maximum absolute atomic E-state index is 12.0. The number of hydrogen-bond acceptors (Lipinski definition) is 4. The first-order valence-corrected chi connectivity index (χ1v) is 6.57. The van der Waals surface area contributed by atoms with Crippen LogP contribution in [-0.4, -0.2) is 61.3 Å². The smallest absolute Gasteiger partial charge is 0.313 e. The van der Waals surface area contributed by atoms with E-state index in [0.29, 0.717) is 37.6 Å². The largest absolute Gasteiger partial charge is 0.497 e. The average Bonchev–Trinajstić information content (AvgIpc) is 2.54. The summed E-state index contributed by atoms with van der Waals surface area (Å²) in [6.45, 7) is 1.62. The van der Waals surface area contributed by atoms with Gasteiger partial charge in [-0.3, -0.25) is 14.4 Å². The molecule has 112 valence electrons. The lowest BCUT2D eigenvalue weighted by molar-refractivity contribution is -0.144. The zero-order chi connectivity index (χ0) is 15.2. The molecule has 0 saturated carbocycles. The van der Waals surface area contributed by atoms with Crippen LogP contribution in [0.15, 0.2) is 24.3 Å². The number of piperazine rings is 1. The summed E-state index contributed by atoms with van der Waals surface area (Å²) < 4.78 is 5.05. The molecule has 0 bridgehead atoms. The number of nitrogens with zero attached hydrogens (tertiary/aromatic N) is 2. The average molecular weight is 291 g/mol. The van der Waals surface area contributed by atoms with E-state index in [-0.39, 0.29) is 0 Å². The zero-order valence-corrected chi connectivity index (χ0v) is 11.7. The molecule has 1 aromatic carbocycles. The Hall–Kier alpha value is -2.57. The molecule has 1 aromatic rings. The number of carbonyl (C=O) groups is 3. The highest BCUT2D eigenvalue weighted by molar-refractivity contribution is 6.39. The van der Waals surface area contributed by atoms with Gasteiger partial charge >= 0.3 is 11.8 Å². The van der Waals surface area contributed by atoms with Crippen molar-refractivity contribution in [1.82, 2.24) is 9.80 Å². The van der Waals surface area contributed by atoms with E-state index in [1.165, 1.54) is 12.0 Å². The predicted octanol–water partition coefficient (Wildman–Crippen LogP) is -0.0657. The van der Waals surface area contributed by atoms with Gasteiger partial charge in [0.1, 0.15) is 5.75 Å². The molecule has 0 aliphatic carbocycles. The zero-order valence-electron chi connectivity index (χ0n) is 11.7. The van der Waals surface area contributed by atoms with Crippen molar-refractivity contribution in [2.75, 3.05) is 38.6 Å². The van der Waals surface area contributed by atoms with Crippen molar-refractivity contribution in [2.45, 2.75) is 0 Å². The number of anilines is 1. The highest BCUT2D eigenvalue weighted by Crippen LogP contribution is 2.16. The van der Waals surface area contributed by atoms with Gasteiger partial charge in [-0.05, 0) is 12.1 Å². The van der Waals surface area contributed by atoms with Gasteiger partial charge in [0.2, 0.25) is 6.41 Å². The van der Waals surface area contributed by atoms with Crippen LogP contribution in [0.25, 0.3) is 0 Å². The minimum atomic E-state index is -0.692. The molecule has 0 unspecified atom stereocenters. The number of benzene rings is 1. The molecule has 3 amide bonds. The predicted molar refractivity (Wildman–Crippen MR) is 75.8 cm³/mol. The third kappa shape index (κ3) is 3.71. The van der Waals surface area contributed by atoms with Crippen LogP contribution in [-0.2, 0) is 14.4 Å². The molecule has 1 saturated heterocycles. The molecule has 0 spiro atoms. The van der Waals surface area contributed by atoms with E-state index in [1.54, 1.807) is 29.2 Å². The molecule has 1 aliphatic heterocycles. The van der Waals surface area contributed by atoms with E-state index in [4.69, 9.17) is 4.74 Å². The minimum absolute atomic E-state index is 0.364. The molecule has 1 N–H and O–H groups in total. The SMILES string of the molecule is COc1cccc(NC(=O)C(=O)N2CCN(C=O)CC2)c1. The molecule has 0 aromatic heterocycles. The number of carbonyl (C=O) groups excluding carboxylic acids is 3. The summed E-state index contributed by atoms with van der Waals surface area (Å²) in [6, 6.07) is 6.78. The van der Waals surface area contributed by atoms with E-state index in [1.807, 2.05) is 0 Å². The van der Waals surface area contributed by atoms with Gasteiger partial charge in [-0.2, -0.15) is 0 Å². The normalized spacial score (nSPS) is 14.5. The van der Waals surface area contributed by atoms with Gasteiger partial charge in [0.15, 0.2) is 0 Å². The van der Waals surface area contributed by atoms with Crippen molar-refractivity contribution < 1.29 is 19.1 Å². The lowest BCUT2D eigenvalue weighted by Gasteiger charge is -2.31. The fourth-order valence-electron chi connectivity index (χ4n) is 2.06. The second-order valence-corrected chi connectivity index (χ2v) is 4.62. The summed E-state index contributed by atoms with van der Waals surface area (Å²) in [4.78, 5) is 37.6. The summed E-state index contributed by atoms with van der Waals surface area (Å²) in [5.74, 6) is -0.689. The van der Waals surface area contributed by atoms with E-state index in [9.17, 15) is 14.4 Å². The minimum Gasteiger partial charge on any atom is -0.497 e. The number of methoxy groups -OCH3 is 1. The summed E-state index contributed by atoms with van der Waals surface area (Å²) in [5, 5.41) is 2.55. The van der Waals surface area contributed by atoms with Crippen molar-refractivity contribution in [1.29, 1.82) is 0 Å². The van der Waals surface area contributed by atoms with E-state index in [2.05, 4.69) is 5.32 Å².